The summed E-state index contributed by atoms with van der Waals surface area (Å²) in [6, 6.07) is 47.9. The first-order valence-corrected chi connectivity index (χ1v) is 19.2. The zero-order valence-electron chi connectivity index (χ0n) is 31.4. The quantitative estimate of drug-likeness (QED) is 0.0839. The number of benzene rings is 5. The average molecular weight is 717 g/mol. The summed E-state index contributed by atoms with van der Waals surface area (Å²) in [7, 11) is 0. The number of carbonyl (C=O) groups is 1. The SMILES string of the molecule is CCCCN1NC(CCC)=C(C(=O)OCC)C1Cc1ccc(-c2ccccc2-c2nnn(C(c3ccccc3)(c3ccccc3)c3ccccc3)n2)cc1. The minimum Gasteiger partial charge on any atom is -0.463 e. The van der Waals surface area contributed by atoms with Gasteiger partial charge in [0, 0.05) is 17.8 Å². The van der Waals surface area contributed by atoms with E-state index in [-0.39, 0.29) is 12.0 Å². The predicted octanol–water partition coefficient (Wildman–Crippen LogP) is 9.00. The molecule has 54 heavy (non-hydrogen) atoms. The molecule has 0 saturated carbocycles. The van der Waals surface area contributed by atoms with E-state index < -0.39 is 5.54 Å². The number of hydrazine groups is 1. The van der Waals surface area contributed by atoms with E-state index in [0.717, 1.165) is 82.4 Å². The van der Waals surface area contributed by atoms with Crippen molar-refractivity contribution in [3.63, 3.8) is 0 Å². The monoisotopic (exact) mass is 716 g/mol. The van der Waals surface area contributed by atoms with Crippen LogP contribution in [0.1, 0.15) is 68.7 Å². The molecule has 274 valence electrons. The van der Waals surface area contributed by atoms with Gasteiger partial charge in [-0.25, -0.2) is 9.80 Å². The Hall–Kier alpha value is -5.86. The van der Waals surface area contributed by atoms with Crippen molar-refractivity contribution in [1.29, 1.82) is 0 Å². The van der Waals surface area contributed by atoms with Crippen molar-refractivity contribution in [2.45, 2.75) is 64.5 Å². The van der Waals surface area contributed by atoms with E-state index >= 15 is 0 Å². The van der Waals surface area contributed by atoms with Crippen molar-refractivity contribution in [3.8, 4) is 22.5 Å². The molecule has 5 aromatic carbocycles. The lowest BCUT2D eigenvalue weighted by atomic mass is 9.77. The largest absolute Gasteiger partial charge is 0.463 e. The van der Waals surface area contributed by atoms with Gasteiger partial charge in [0.25, 0.3) is 0 Å². The van der Waals surface area contributed by atoms with Gasteiger partial charge in [0.1, 0.15) is 0 Å². The minimum absolute atomic E-state index is 0.103. The summed E-state index contributed by atoms with van der Waals surface area (Å²) in [5.41, 5.74) is 11.7. The first kappa shape index (κ1) is 36.5. The highest BCUT2D eigenvalue weighted by molar-refractivity contribution is 5.91. The van der Waals surface area contributed by atoms with Gasteiger partial charge in [0.15, 0.2) is 5.54 Å². The zero-order chi connectivity index (χ0) is 37.3. The number of tetrazole rings is 1. The Kier molecular flexibility index (Phi) is 11.4. The van der Waals surface area contributed by atoms with Crippen LogP contribution in [0.4, 0.5) is 0 Å². The van der Waals surface area contributed by atoms with E-state index in [1.165, 1.54) is 0 Å². The molecule has 6 aromatic rings. The molecule has 1 atom stereocenters. The van der Waals surface area contributed by atoms with Crippen molar-refractivity contribution < 1.29 is 9.53 Å². The van der Waals surface area contributed by atoms with Crippen LogP contribution in [0.25, 0.3) is 22.5 Å². The van der Waals surface area contributed by atoms with Crippen LogP contribution < -0.4 is 5.43 Å². The number of aromatic nitrogens is 4. The van der Waals surface area contributed by atoms with Gasteiger partial charge in [0.05, 0.1) is 18.2 Å². The van der Waals surface area contributed by atoms with Gasteiger partial charge < -0.3 is 10.2 Å². The number of carbonyl (C=O) groups excluding carboxylic acids is 1. The molecular weight excluding hydrogens is 669 g/mol. The summed E-state index contributed by atoms with van der Waals surface area (Å²) >= 11 is 0. The third-order valence-corrected chi connectivity index (χ3v) is 10.2. The second kappa shape index (κ2) is 16.9. The number of unbranched alkanes of at least 4 members (excludes halogenated alkanes) is 1. The molecule has 8 heteroatoms. The van der Waals surface area contributed by atoms with Crippen LogP contribution >= 0.6 is 0 Å². The van der Waals surface area contributed by atoms with Gasteiger partial charge in [-0.3, -0.25) is 0 Å². The number of allylic oxidation sites excluding steroid dienone is 1. The molecule has 0 spiro atoms. The Morgan fingerprint density at radius 1 is 0.722 bits per heavy atom. The van der Waals surface area contributed by atoms with Crippen molar-refractivity contribution >= 4 is 5.97 Å². The smallest absolute Gasteiger partial charge is 0.337 e. The van der Waals surface area contributed by atoms with Crippen LogP contribution in [0, 0.1) is 0 Å². The Labute approximate surface area is 318 Å². The molecule has 0 aliphatic carbocycles. The summed E-state index contributed by atoms with van der Waals surface area (Å²) in [4.78, 5) is 15.1. The van der Waals surface area contributed by atoms with Crippen LogP contribution in [0.3, 0.4) is 0 Å². The van der Waals surface area contributed by atoms with Crippen molar-refractivity contribution in [2.75, 3.05) is 13.2 Å². The van der Waals surface area contributed by atoms with Crippen molar-refractivity contribution in [1.82, 2.24) is 30.6 Å². The van der Waals surface area contributed by atoms with Crippen molar-refractivity contribution in [2.24, 2.45) is 0 Å². The lowest BCUT2D eigenvalue weighted by Crippen LogP contribution is -2.42. The van der Waals surface area contributed by atoms with E-state index in [1.807, 2.05) is 37.3 Å². The second-order valence-electron chi connectivity index (χ2n) is 13.7. The first-order valence-electron chi connectivity index (χ1n) is 19.2. The Morgan fingerprint density at radius 3 is 1.85 bits per heavy atom. The lowest BCUT2D eigenvalue weighted by Gasteiger charge is -2.34. The van der Waals surface area contributed by atoms with Gasteiger partial charge in [-0.05, 0) is 64.8 Å². The van der Waals surface area contributed by atoms with Crippen LogP contribution in [0.5, 0.6) is 0 Å². The molecule has 0 radical (unpaired) electrons. The molecule has 1 aliphatic rings. The highest BCUT2D eigenvalue weighted by atomic mass is 16.5. The number of rotatable bonds is 15. The molecule has 8 nitrogen and oxygen atoms in total. The fraction of sp³-hybridized carbons (Fsp3) is 0.261. The predicted molar refractivity (Wildman–Crippen MR) is 214 cm³/mol. The van der Waals surface area contributed by atoms with E-state index in [4.69, 9.17) is 20.1 Å². The molecule has 0 fully saturated rings. The number of hydrogen-bond donors (Lipinski definition) is 1. The van der Waals surface area contributed by atoms with E-state index in [0.29, 0.717) is 18.9 Å². The van der Waals surface area contributed by atoms with E-state index in [1.54, 1.807) is 4.80 Å². The third-order valence-electron chi connectivity index (χ3n) is 10.2. The number of nitrogens with one attached hydrogen (secondary N) is 1. The normalized spacial score (nSPS) is 14.6. The van der Waals surface area contributed by atoms with Crippen LogP contribution in [-0.4, -0.2) is 50.4 Å². The Bertz CT molecular complexity index is 2070. The molecule has 1 unspecified atom stereocenters. The maximum atomic E-state index is 13.3. The maximum Gasteiger partial charge on any atom is 0.337 e. The molecule has 0 amide bonds. The highest BCUT2D eigenvalue weighted by Gasteiger charge is 2.41. The van der Waals surface area contributed by atoms with E-state index in [9.17, 15) is 4.79 Å². The van der Waals surface area contributed by atoms with Gasteiger partial charge >= 0.3 is 5.97 Å². The maximum absolute atomic E-state index is 13.3. The fourth-order valence-electron chi connectivity index (χ4n) is 7.65. The molecule has 0 saturated heterocycles. The number of esters is 1. The minimum atomic E-state index is -0.862. The topological polar surface area (TPSA) is 85.2 Å². The molecule has 2 heterocycles. The molecule has 1 aromatic heterocycles. The van der Waals surface area contributed by atoms with E-state index in [2.05, 4.69) is 133 Å². The molecular formula is C46H48N6O2. The molecule has 0 bridgehead atoms. The van der Waals surface area contributed by atoms with Crippen molar-refractivity contribution in [3.05, 3.63) is 173 Å². The van der Waals surface area contributed by atoms with Crippen LogP contribution in [0.15, 0.2) is 151 Å². The summed E-state index contributed by atoms with van der Waals surface area (Å²) in [6.45, 7) is 7.40. The molecule has 1 aliphatic heterocycles. The van der Waals surface area contributed by atoms with Gasteiger partial charge in [0.2, 0.25) is 5.82 Å². The van der Waals surface area contributed by atoms with Gasteiger partial charge in [-0.2, -0.15) is 0 Å². The Balaban J connectivity index is 1.24. The lowest BCUT2D eigenvalue weighted by molar-refractivity contribution is -0.139. The zero-order valence-corrected chi connectivity index (χ0v) is 31.4. The summed E-state index contributed by atoms with van der Waals surface area (Å²) in [6.07, 6.45) is 4.56. The second-order valence-corrected chi connectivity index (χ2v) is 13.7. The molecule has 1 N–H and O–H groups in total. The summed E-state index contributed by atoms with van der Waals surface area (Å²) in [5, 5.41) is 16.9. The summed E-state index contributed by atoms with van der Waals surface area (Å²) in [5.74, 6) is 0.317. The van der Waals surface area contributed by atoms with Gasteiger partial charge in [-0.1, -0.05) is 166 Å². The number of ether oxygens (including phenoxy) is 1. The third kappa shape index (κ3) is 7.22. The number of nitrogens with zero attached hydrogens (tertiary/aromatic N) is 5. The summed E-state index contributed by atoms with van der Waals surface area (Å²) < 4.78 is 5.57. The van der Waals surface area contributed by atoms with Crippen LogP contribution in [0.2, 0.25) is 0 Å². The van der Waals surface area contributed by atoms with Crippen LogP contribution in [-0.2, 0) is 21.5 Å². The first-order chi connectivity index (χ1) is 26.6. The Morgan fingerprint density at radius 2 is 1.30 bits per heavy atom. The fourth-order valence-corrected chi connectivity index (χ4v) is 7.65. The molecule has 7 rings (SSSR count). The standard InChI is InChI=1S/C46H48N6O2/c1-4-7-32-51-42(43(45(53)54-6-3)41(48-51)19-5-2)33-34-28-30-35(31-29-34)39-26-17-18-27-40(39)44-47-50-52(49-44)46(36-20-11-8-12-21-36,37-22-13-9-14-23-37)38-24-15-10-16-25-38/h8-18,20-31,42,48H,4-7,19,32-33H2,1-3H3. The average Bonchev–Trinajstić information content (AvgIpc) is 3.84. The highest BCUT2D eigenvalue weighted by Crippen LogP contribution is 2.40. The number of hydrogen-bond acceptors (Lipinski definition) is 7. The van der Waals surface area contributed by atoms with Gasteiger partial charge in [-0.15, -0.1) is 15.0 Å².